The highest BCUT2D eigenvalue weighted by atomic mass is 79.9. The van der Waals surface area contributed by atoms with Crippen LogP contribution in [0.3, 0.4) is 0 Å². The average molecular weight is 390 g/mol. The van der Waals surface area contributed by atoms with Gasteiger partial charge in [-0.05, 0) is 43.3 Å². The third-order valence-electron chi connectivity index (χ3n) is 4.02. The van der Waals surface area contributed by atoms with Gasteiger partial charge in [-0.15, -0.1) is 0 Å². The molecule has 25 heavy (non-hydrogen) atoms. The van der Waals surface area contributed by atoms with Crippen molar-refractivity contribution in [1.29, 1.82) is 0 Å². The Labute approximate surface area is 154 Å². The van der Waals surface area contributed by atoms with Crippen LogP contribution in [0.15, 0.2) is 77.3 Å². The lowest BCUT2D eigenvalue weighted by Gasteiger charge is -2.11. The number of nitrogens with one attached hydrogen (secondary N) is 1. The molecule has 0 unspecified atom stereocenters. The lowest BCUT2D eigenvalue weighted by atomic mass is 10.1. The molecule has 0 spiro atoms. The van der Waals surface area contributed by atoms with Gasteiger partial charge in [0, 0.05) is 21.1 Å². The van der Waals surface area contributed by atoms with E-state index in [-0.39, 0.29) is 0 Å². The fraction of sp³-hybridized carbons (Fsp3) is 0.0476. The number of para-hydroxylation sites is 1. The molecule has 0 atom stereocenters. The highest BCUT2D eigenvalue weighted by Gasteiger charge is 2.09. The largest absolute Gasteiger partial charge is 0.340 e. The molecule has 3 aromatic carbocycles. The molecular weight excluding hydrogens is 374 g/mol. The van der Waals surface area contributed by atoms with E-state index in [1.165, 1.54) is 5.56 Å². The summed E-state index contributed by atoms with van der Waals surface area (Å²) in [4.78, 5) is 9.52. The van der Waals surface area contributed by atoms with Crippen molar-refractivity contribution in [3.63, 3.8) is 0 Å². The standard InChI is InChI=1S/C21H16BrN3/c1-14-6-8-15(9-7-14)20-24-19-5-3-2-4-18(19)21(25-20)23-17-12-10-16(22)11-13-17/h2-13H,1H3,(H,23,24,25). The topological polar surface area (TPSA) is 37.8 Å². The van der Waals surface area contributed by atoms with Crippen molar-refractivity contribution in [2.45, 2.75) is 6.92 Å². The van der Waals surface area contributed by atoms with Crippen molar-refractivity contribution < 1.29 is 0 Å². The zero-order valence-corrected chi connectivity index (χ0v) is 15.3. The maximum absolute atomic E-state index is 4.78. The molecule has 0 aliphatic rings. The van der Waals surface area contributed by atoms with E-state index in [1.54, 1.807) is 0 Å². The van der Waals surface area contributed by atoms with Gasteiger partial charge >= 0.3 is 0 Å². The first-order valence-corrected chi connectivity index (χ1v) is 8.85. The minimum absolute atomic E-state index is 0.721. The van der Waals surface area contributed by atoms with Crippen molar-refractivity contribution in [2.24, 2.45) is 0 Å². The van der Waals surface area contributed by atoms with E-state index in [0.717, 1.165) is 38.3 Å². The molecular formula is C21H16BrN3. The Morgan fingerprint density at radius 3 is 2.28 bits per heavy atom. The van der Waals surface area contributed by atoms with Crippen LogP contribution in [0.1, 0.15) is 5.56 Å². The summed E-state index contributed by atoms with van der Waals surface area (Å²) in [7, 11) is 0. The number of rotatable bonds is 3. The van der Waals surface area contributed by atoms with Gasteiger partial charge in [-0.1, -0.05) is 57.9 Å². The van der Waals surface area contributed by atoms with Gasteiger partial charge in [0.05, 0.1) is 5.52 Å². The molecule has 122 valence electrons. The van der Waals surface area contributed by atoms with E-state index in [0.29, 0.717) is 0 Å². The Balaban J connectivity index is 1.83. The first kappa shape index (κ1) is 15.8. The van der Waals surface area contributed by atoms with E-state index in [1.807, 2.05) is 48.5 Å². The van der Waals surface area contributed by atoms with E-state index < -0.39 is 0 Å². The molecule has 4 rings (SSSR count). The van der Waals surface area contributed by atoms with Crippen LogP contribution in [0.2, 0.25) is 0 Å². The number of hydrogen-bond donors (Lipinski definition) is 1. The second-order valence-corrected chi connectivity index (χ2v) is 6.83. The van der Waals surface area contributed by atoms with Crippen molar-refractivity contribution in [3.05, 3.63) is 82.8 Å². The third kappa shape index (κ3) is 3.39. The predicted octanol–water partition coefficient (Wildman–Crippen LogP) is 6.11. The minimum atomic E-state index is 0.721. The van der Waals surface area contributed by atoms with Crippen molar-refractivity contribution in [2.75, 3.05) is 5.32 Å². The average Bonchev–Trinajstić information content (AvgIpc) is 2.64. The second kappa shape index (κ2) is 6.65. The summed E-state index contributed by atoms with van der Waals surface area (Å²) in [5.41, 5.74) is 4.14. The summed E-state index contributed by atoms with van der Waals surface area (Å²) in [6.45, 7) is 2.07. The summed E-state index contributed by atoms with van der Waals surface area (Å²) in [6, 6.07) is 24.4. The summed E-state index contributed by atoms with van der Waals surface area (Å²) >= 11 is 3.47. The van der Waals surface area contributed by atoms with Crippen LogP contribution in [0.5, 0.6) is 0 Å². The summed E-state index contributed by atoms with van der Waals surface area (Å²) in [5, 5.41) is 4.42. The summed E-state index contributed by atoms with van der Waals surface area (Å²) in [5.74, 6) is 1.53. The van der Waals surface area contributed by atoms with Crippen LogP contribution in [0.4, 0.5) is 11.5 Å². The summed E-state index contributed by atoms with van der Waals surface area (Å²) < 4.78 is 1.05. The molecule has 4 heteroatoms. The molecule has 0 fully saturated rings. The lowest BCUT2D eigenvalue weighted by Crippen LogP contribution is -1.99. The normalized spacial score (nSPS) is 10.8. The highest BCUT2D eigenvalue weighted by Crippen LogP contribution is 2.27. The monoisotopic (exact) mass is 389 g/mol. The Hall–Kier alpha value is -2.72. The van der Waals surface area contributed by atoms with Crippen molar-refractivity contribution in [1.82, 2.24) is 9.97 Å². The molecule has 0 radical (unpaired) electrons. The minimum Gasteiger partial charge on any atom is -0.340 e. The van der Waals surface area contributed by atoms with E-state index in [4.69, 9.17) is 9.97 Å². The van der Waals surface area contributed by atoms with E-state index in [2.05, 4.69) is 52.4 Å². The second-order valence-electron chi connectivity index (χ2n) is 5.91. The smallest absolute Gasteiger partial charge is 0.162 e. The van der Waals surface area contributed by atoms with Gasteiger partial charge in [0.25, 0.3) is 0 Å². The van der Waals surface area contributed by atoms with Crippen LogP contribution in [-0.2, 0) is 0 Å². The van der Waals surface area contributed by atoms with Gasteiger partial charge in [-0.25, -0.2) is 9.97 Å². The molecule has 4 aromatic rings. The predicted molar refractivity (Wildman–Crippen MR) is 107 cm³/mol. The van der Waals surface area contributed by atoms with Crippen LogP contribution in [0, 0.1) is 6.92 Å². The highest BCUT2D eigenvalue weighted by molar-refractivity contribution is 9.10. The molecule has 0 saturated carbocycles. The Morgan fingerprint density at radius 1 is 0.800 bits per heavy atom. The van der Waals surface area contributed by atoms with Gasteiger partial charge in [-0.2, -0.15) is 0 Å². The van der Waals surface area contributed by atoms with Crippen molar-refractivity contribution in [3.8, 4) is 11.4 Å². The number of benzene rings is 3. The van der Waals surface area contributed by atoms with Crippen LogP contribution in [0.25, 0.3) is 22.3 Å². The zero-order valence-electron chi connectivity index (χ0n) is 13.7. The Kier molecular flexibility index (Phi) is 4.20. The van der Waals surface area contributed by atoms with Gasteiger partial charge in [0.15, 0.2) is 5.82 Å². The molecule has 1 heterocycles. The quantitative estimate of drug-likeness (QED) is 0.459. The van der Waals surface area contributed by atoms with Crippen LogP contribution < -0.4 is 5.32 Å². The first-order valence-electron chi connectivity index (χ1n) is 8.05. The number of halogens is 1. The fourth-order valence-corrected chi connectivity index (χ4v) is 2.94. The molecule has 0 aliphatic heterocycles. The van der Waals surface area contributed by atoms with Crippen molar-refractivity contribution >= 4 is 38.3 Å². The molecule has 1 N–H and O–H groups in total. The number of fused-ring (bicyclic) bond motifs is 1. The van der Waals surface area contributed by atoms with Gasteiger partial charge in [0.2, 0.25) is 0 Å². The number of aromatic nitrogens is 2. The number of hydrogen-bond acceptors (Lipinski definition) is 3. The number of anilines is 2. The maximum atomic E-state index is 4.78. The fourth-order valence-electron chi connectivity index (χ4n) is 2.67. The Morgan fingerprint density at radius 2 is 1.52 bits per heavy atom. The van der Waals surface area contributed by atoms with Crippen LogP contribution >= 0.6 is 15.9 Å². The molecule has 0 aliphatic carbocycles. The Bertz CT molecular complexity index is 1030. The van der Waals surface area contributed by atoms with Crippen LogP contribution in [-0.4, -0.2) is 9.97 Å². The summed E-state index contributed by atoms with van der Waals surface area (Å²) in [6.07, 6.45) is 0. The van der Waals surface area contributed by atoms with Gasteiger partial charge in [0.1, 0.15) is 5.82 Å². The third-order valence-corrected chi connectivity index (χ3v) is 4.55. The molecule has 0 amide bonds. The zero-order chi connectivity index (χ0) is 17.2. The molecule has 0 saturated heterocycles. The molecule has 1 aromatic heterocycles. The van der Waals surface area contributed by atoms with E-state index in [9.17, 15) is 0 Å². The van der Waals surface area contributed by atoms with E-state index >= 15 is 0 Å². The SMILES string of the molecule is Cc1ccc(-c2nc(Nc3ccc(Br)cc3)c3ccccc3n2)cc1. The number of nitrogens with zero attached hydrogens (tertiary/aromatic N) is 2. The first-order chi connectivity index (χ1) is 12.2. The lowest BCUT2D eigenvalue weighted by molar-refractivity contribution is 1.22. The number of aryl methyl sites for hydroxylation is 1. The maximum Gasteiger partial charge on any atom is 0.162 e. The van der Waals surface area contributed by atoms with Gasteiger partial charge in [-0.3, -0.25) is 0 Å². The molecule has 0 bridgehead atoms. The molecule has 3 nitrogen and oxygen atoms in total. The van der Waals surface area contributed by atoms with Gasteiger partial charge < -0.3 is 5.32 Å².